The van der Waals surface area contributed by atoms with Crippen LogP contribution >= 0.6 is 11.3 Å². The molecule has 7 heteroatoms. The summed E-state index contributed by atoms with van der Waals surface area (Å²) in [5.41, 5.74) is 7.16. The second-order valence-electron chi connectivity index (χ2n) is 6.73. The molecule has 134 valence electrons. The molecule has 24 heavy (non-hydrogen) atoms. The van der Waals surface area contributed by atoms with Gasteiger partial charge in [0, 0.05) is 24.4 Å². The number of hydrogen-bond acceptors (Lipinski definition) is 5. The van der Waals surface area contributed by atoms with E-state index in [0.29, 0.717) is 33.8 Å². The Morgan fingerprint density at radius 2 is 1.96 bits per heavy atom. The molecule has 2 rings (SSSR count). The normalized spacial score (nSPS) is 23.8. The van der Waals surface area contributed by atoms with Crippen LogP contribution in [0.5, 0.6) is 0 Å². The molecule has 0 aliphatic carbocycles. The molecule has 1 aromatic heterocycles. The lowest BCUT2D eigenvalue weighted by molar-refractivity contribution is -0.925. The van der Waals surface area contributed by atoms with Crippen molar-refractivity contribution in [3.05, 3.63) is 16.0 Å². The molecule has 3 atom stereocenters. The lowest BCUT2D eigenvalue weighted by Crippen LogP contribution is -3.13. The predicted molar refractivity (Wildman–Crippen MR) is 95.4 cm³/mol. The molecule has 0 bridgehead atoms. The molecule has 1 aromatic rings. The zero-order valence-corrected chi connectivity index (χ0v) is 15.7. The van der Waals surface area contributed by atoms with Gasteiger partial charge in [0.05, 0.1) is 19.7 Å². The third-order valence-electron chi connectivity index (χ3n) is 4.45. The number of amides is 1. The maximum absolute atomic E-state index is 12.3. The molecule has 0 spiro atoms. The van der Waals surface area contributed by atoms with Gasteiger partial charge in [-0.25, -0.2) is 4.79 Å². The highest BCUT2D eigenvalue weighted by molar-refractivity contribution is 7.18. The Kier molecular flexibility index (Phi) is 6.23. The van der Waals surface area contributed by atoms with Crippen molar-refractivity contribution in [1.82, 2.24) is 5.32 Å². The van der Waals surface area contributed by atoms with Crippen molar-refractivity contribution in [2.45, 2.75) is 33.7 Å². The number of esters is 1. The topological polar surface area (TPSA) is 85.9 Å². The van der Waals surface area contributed by atoms with Crippen LogP contribution in [0.4, 0.5) is 5.00 Å². The van der Waals surface area contributed by atoms with Crippen molar-refractivity contribution >= 4 is 28.2 Å². The monoisotopic (exact) mass is 354 g/mol. The van der Waals surface area contributed by atoms with E-state index >= 15 is 0 Å². The van der Waals surface area contributed by atoms with E-state index < -0.39 is 5.97 Å². The highest BCUT2D eigenvalue weighted by Crippen LogP contribution is 2.31. The third-order valence-corrected chi connectivity index (χ3v) is 5.51. The molecule has 1 fully saturated rings. The molecule has 2 heterocycles. The average Bonchev–Trinajstić information content (AvgIpc) is 2.82. The summed E-state index contributed by atoms with van der Waals surface area (Å²) in [6, 6.07) is 0. The van der Waals surface area contributed by atoms with Gasteiger partial charge in [0.2, 0.25) is 0 Å². The third kappa shape index (κ3) is 4.08. The maximum Gasteiger partial charge on any atom is 0.341 e. The second-order valence-corrected chi connectivity index (χ2v) is 7.78. The Bertz CT molecular complexity index is 604. The summed E-state index contributed by atoms with van der Waals surface area (Å²) in [5.74, 6) is 0.632. The van der Waals surface area contributed by atoms with Crippen molar-refractivity contribution in [3.8, 4) is 0 Å². The van der Waals surface area contributed by atoms with Gasteiger partial charge in [-0.1, -0.05) is 13.8 Å². The Morgan fingerprint density at radius 1 is 1.33 bits per heavy atom. The van der Waals surface area contributed by atoms with Gasteiger partial charge in [-0.05, 0) is 13.3 Å². The predicted octanol–water partition coefficient (Wildman–Crippen LogP) is 0.927. The van der Waals surface area contributed by atoms with E-state index in [9.17, 15) is 9.59 Å². The second kappa shape index (κ2) is 7.98. The Balaban J connectivity index is 2.37. The molecule has 1 aliphatic rings. The first-order valence-corrected chi connectivity index (χ1v) is 9.32. The van der Waals surface area contributed by atoms with Crippen LogP contribution in [-0.2, 0) is 11.3 Å². The number of rotatable bonds is 5. The van der Waals surface area contributed by atoms with E-state index in [-0.39, 0.29) is 12.5 Å². The van der Waals surface area contributed by atoms with Crippen LogP contribution < -0.4 is 16.0 Å². The first-order chi connectivity index (χ1) is 11.4. The fourth-order valence-electron chi connectivity index (χ4n) is 3.69. The number of likely N-dealkylation sites (tertiary alicyclic amines) is 1. The van der Waals surface area contributed by atoms with Crippen LogP contribution in [0.2, 0.25) is 0 Å². The molecule has 4 N–H and O–H groups in total. The summed E-state index contributed by atoms with van der Waals surface area (Å²) in [7, 11) is 1.59. The SMILES string of the molecule is CCOC(=O)c1c(N)sc(C(=O)NC)c1C[NH+]1C[C@H](C)C[C@H](C)C1. The minimum Gasteiger partial charge on any atom is -0.462 e. The van der Waals surface area contributed by atoms with E-state index in [1.165, 1.54) is 22.7 Å². The number of nitrogens with two attached hydrogens (primary N) is 1. The van der Waals surface area contributed by atoms with Gasteiger partial charge in [-0.15, -0.1) is 11.3 Å². The van der Waals surface area contributed by atoms with Crippen molar-refractivity contribution in [1.29, 1.82) is 0 Å². The summed E-state index contributed by atoms with van der Waals surface area (Å²) >= 11 is 1.17. The Labute approximate surface area is 147 Å². The molecule has 1 unspecified atom stereocenters. The van der Waals surface area contributed by atoms with E-state index in [2.05, 4.69) is 19.2 Å². The number of quaternary nitrogens is 1. The quantitative estimate of drug-likeness (QED) is 0.687. The van der Waals surface area contributed by atoms with E-state index in [1.54, 1.807) is 14.0 Å². The highest BCUT2D eigenvalue weighted by atomic mass is 32.1. The van der Waals surface area contributed by atoms with Crippen LogP contribution in [0, 0.1) is 11.8 Å². The fraction of sp³-hybridized carbons (Fsp3) is 0.647. The van der Waals surface area contributed by atoms with Crippen molar-refractivity contribution < 1.29 is 19.2 Å². The number of piperidine rings is 1. The molecule has 0 radical (unpaired) electrons. The van der Waals surface area contributed by atoms with Gasteiger partial charge in [0.25, 0.3) is 5.91 Å². The largest absolute Gasteiger partial charge is 0.462 e. The minimum absolute atomic E-state index is 0.199. The van der Waals surface area contributed by atoms with Gasteiger partial charge in [0.1, 0.15) is 22.0 Å². The maximum atomic E-state index is 12.3. The van der Waals surface area contributed by atoms with Crippen LogP contribution in [0.15, 0.2) is 0 Å². The van der Waals surface area contributed by atoms with Gasteiger partial charge < -0.3 is 20.7 Å². The lowest BCUT2D eigenvalue weighted by atomic mass is 9.91. The van der Waals surface area contributed by atoms with Crippen molar-refractivity contribution in [2.75, 3.05) is 32.5 Å². The Morgan fingerprint density at radius 3 is 2.50 bits per heavy atom. The molecule has 1 saturated heterocycles. The lowest BCUT2D eigenvalue weighted by Gasteiger charge is -2.32. The summed E-state index contributed by atoms with van der Waals surface area (Å²) in [6.07, 6.45) is 1.22. The van der Waals surface area contributed by atoms with E-state index in [1.807, 2.05) is 0 Å². The molecular weight excluding hydrogens is 326 g/mol. The summed E-state index contributed by atoms with van der Waals surface area (Å²) < 4.78 is 5.15. The van der Waals surface area contributed by atoms with Gasteiger partial charge in [-0.2, -0.15) is 0 Å². The van der Waals surface area contributed by atoms with Crippen LogP contribution in [0.3, 0.4) is 0 Å². The van der Waals surface area contributed by atoms with Gasteiger partial charge >= 0.3 is 5.97 Å². The number of thiophene rings is 1. The molecule has 1 amide bonds. The molecule has 0 saturated carbocycles. The number of anilines is 1. The number of ether oxygens (including phenoxy) is 1. The number of nitrogens with one attached hydrogen (secondary N) is 2. The van der Waals surface area contributed by atoms with Crippen LogP contribution in [-0.4, -0.2) is 38.6 Å². The summed E-state index contributed by atoms with van der Waals surface area (Å²) in [5, 5.41) is 3.00. The van der Waals surface area contributed by atoms with Crippen LogP contribution in [0.25, 0.3) is 0 Å². The molecule has 1 aliphatic heterocycles. The number of carbonyl (C=O) groups excluding carboxylic acids is 2. The van der Waals surface area contributed by atoms with Gasteiger partial charge in [-0.3, -0.25) is 4.79 Å². The van der Waals surface area contributed by atoms with Crippen molar-refractivity contribution in [3.63, 3.8) is 0 Å². The molecule has 6 nitrogen and oxygen atoms in total. The minimum atomic E-state index is -0.436. The number of hydrogen-bond donors (Lipinski definition) is 3. The number of carbonyl (C=O) groups is 2. The first-order valence-electron chi connectivity index (χ1n) is 8.51. The summed E-state index contributed by atoms with van der Waals surface area (Å²) in [6.45, 7) is 9.25. The molecular formula is C17H28N3O3S+. The highest BCUT2D eigenvalue weighted by Gasteiger charge is 2.32. The molecule has 0 aromatic carbocycles. The van der Waals surface area contributed by atoms with Crippen LogP contribution in [0.1, 0.15) is 52.8 Å². The zero-order valence-electron chi connectivity index (χ0n) is 14.9. The fourth-order valence-corrected chi connectivity index (χ4v) is 4.72. The van der Waals surface area contributed by atoms with E-state index in [0.717, 1.165) is 18.7 Å². The smallest absolute Gasteiger partial charge is 0.341 e. The number of nitrogen functional groups attached to an aromatic ring is 1. The Hall–Kier alpha value is -1.60. The van der Waals surface area contributed by atoms with Crippen molar-refractivity contribution in [2.24, 2.45) is 11.8 Å². The zero-order chi connectivity index (χ0) is 17.9. The average molecular weight is 354 g/mol. The first kappa shape index (κ1) is 18.7. The van der Waals surface area contributed by atoms with Gasteiger partial charge in [0.15, 0.2) is 0 Å². The van der Waals surface area contributed by atoms with E-state index in [4.69, 9.17) is 10.5 Å². The standard InChI is InChI=1S/C17H27N3O3S/c1-5-23-17(22)13-12(14(16(21)19-4)24-15(13)18)9-20-7-10(2)6-11(3)8-20/h10-11H,5-9,18H2,1-4H3,(H,19,21)/p+1/t10-,11+. The summed E-state index contributed by atoms with van der Waals surface area (Å²) in [4.78, 5) is 26.5.